The van der Waals surface area contributed by atoms with Crippen molar-refractivity contribution in [3.63, 3.8) is 0 Å². The second-order valence-corrected chi connectivity index (χ2v) is 5.95. The summed E-state index contributed by atoms with van der Waals surface area (Å²) in [5, 5.41) is 10.6. The van der Waals surface area contributed by atoms with Crippen LogP contribution in [0.2, 0.25) is 0 Å². The molecule has 0 bridgehead atoms. The number of halogens is 2. The molecule has 0 amide bonds. The van der Waals surface area contributed by atoms with Crippen LogP contribution in [-0.2, 0) is 0 Å². The maximum absolute atomic E-state index is 12.6. The predicted molar refractivity (Wildman–Crippen MR) is 75.5 cm³/mol. The van der Waals surface area contributed by atoms with Crippen molar-refractivity contribution in [1.29, 1.82) is 0 Å². The van der Waals surface area contributed by atoms with E-state index in [0.29, 0.717) is 18.0 Å². The molecule has 2 nitrogen and oxygen atoms in total. The third-order valence-corrected chi connectivity index (χ3v) is 4.81. The number of aliphatic hydroxyl groups is 1. The first-order valence-corrected chi connectivity index (χ1v) is 7.28. The second-order valence-electron chi connectivity index (χ2n) is 5.95. The van der Waals surface area contributed by atoms with Gasteiger partial charge in [-0.1, -0.05) is 37.6 Å². The van der Waals surface area contributed by atoms with E-state index >= 15 is 0 Å². The highest BCUT2D eigenvalue weighted by Gasteiger charge is 2.43. The summed E-state index contributed by atoms with van der Waals surface area (Å²) in [4.78, 5) is 0. The smallest absolute Gasteiger partial charge is 0.263 e. The molecule has 1 fully saturated rings. The van der Waals surface area contributed by atoms with Crippen molar-refractivity contribution in [2.24, 2.45) is 17.1 Å². The highest BCUT2D eigenvalue weighted by molar-refractivity contribution is 5.26. The van der Waals surface area contributed by atoms with Crippen LogP contribution < -0.4 is 5.73 Å². The molecule has 3 atom stereocenters. The average Bonchev–Trinajstić information content (AvgIpc) is 2.91. The van der Waals surface area contributed by atoms with Crippen molar-refractivity contribution in [3.8, 4) is 0 Å². The minimum absolute atomic E-state index is 0.0133. The summed E-state index contributed by atoms with van der Waals surface area (Å²) in [7, 11) is 0. The van der Waals surface area contributed by atoms with Crippen LogP contribution in [0.25, 0.3) is 0 Å². The second kappa shape index (κ2) is 6.19. The Morgan fingerprint density at radius 3 is 2.35 bits per heavy atom. The highest BCUT2D eigenvalue weighted by Crippen LogP contribution is 2.50. The molecule has 1 aromatic rings. The number of alkyl halides is 2. The first kappa shape index (κ1) is 15.4. The molecular formula is C16H23F2NO. The molecule has 0 aliphatic heterocycles. The zero-order valence-corrected chi connectivity index (χ0v) is 11.9. The maximum atomic E-state index is 12.6. The summed E-state index contributed by atoms with van der Waals surface area (Å²) >= 11 is 0. The van der Waals surface area contributed by atoms with Crippen molar-refractivity contribution in [2.45, 2.75) is 45.1 Å². The molecule has 0 spiro atoms. The Kier molecular flexibility index (Phi) is 4.76. The largest absolute Gasteiger partial charge is 0.388 e. The third kappa shape index (κ3) is 2.86. The van der Waals surface area contributed by atoms with Crippen molar-refractivity contribution in [3.05, 3.63) is 35.4 Å². The van der Waals surface area contributed by atoms with E-state index in [1.807, 2.05) is 0 Å². The molecule has 1 aliphatic rings. The van der Waals surface area contributed by atoms with Crippen molar-refractivity contribution in [2.75, 3.05) is 6.54 Å². The lowest BCUT2D eigenvalue weighted by Crippen LogP contribution is -2.34. The van der Waals surface area contributed by atoms with Gasteiger partial charge in [-0.2, -0.15) is 0 Å². The molecule has 1 saturated carbocycles. The van der Waals surface area contributed by atoms with Gasteiger partial charge in [-0.15, -0.1) is 0 Å². The van der Waals surface area contributed by atoms with Crippen molar-refractivity contribution >= 4 is 0 Å². The molecule has 3 N–H and O–H groups in total. The molecule has 4 heteroatoms. The van der Waals surface area contributed by atoms with Crippen LogP contribution in [-0.4, -0.2) is 11.7 Å². The van der Waals surface area contributed by atoms with Gasteiger partial charge in [0.1, 0.15) is 0 Å². The monoisotopic (exact) mass is 283 g/mol. The molecule has 20 heavy (non-hydrogen) atoms. The fourth-order valence-corrected chi connectivity index (χ4v) is 3.34. The number of aliphatic hydroxyl groups excluding tert-OH is 1. The first-order valence-electron chi connectivity index (χ1n) is 7.28. The molecule has 2 rings (SSSR count). The molecule has 1 aliphatic carbocycles. The predicted octanol–water partition coefficient (Wildman–Crippen LogP) is 3.81. The van der Waals surface area contributed by atoms with Gasteiger partial charge >= 0.3 is 0 Å². The molecule has 0 saturated heterocycles. The molecule has 0 aromatic heterocycles. The lowest BCUT2D eigenvalue weighted by atomic mass is 9.76. The van der Waals surface area contributed by atoms with E-state index in [4.69, 9.17) is 5.73 Å². The normalized spacial score (nSPS) is 28.0. The van der Waals surface area contributed by atoms with Gasteiger partial charge in [-0.05, 0) is 30.7 Å². The van der Waals surface area contributed by atoms with Gasteiger partial charge in [-0.3, -0.25) is 0 Å². The molecular weight excluding hydrogens is 260 g/mol. The first-order chi connectivity index (χ1) is 9.52. The lowest BCUT2D eigenvalue weighted by molar-refractivity contribution is 0.0301. The quantitative estimate of drug-likeness (QED) is 0.863. The fourth-order valence-electron chi connectivity index (χ4n) is 3.34. The Bertz CT molecular complexity index is 435. The number of hydrogen-bond donors (Lipinski definition) is 2. The molecule has 0 heterocycles. The zero-order valence-electron chi connectivity index (χ0n) is 11.9. The van der Waals surface area contributed by atoms with E-state index in [9.17, 15) is 13.9 Å². The van der Waals surface area contributed by atoms with Crippen molar-refractivity contribution < 1.29 is 13.9 Å². The highest BCUT2D eigenvalue weighted by atomic mass is 19.3. The van der Waals surface area contributed by atoms with Gasteiger partial charge < -0.3 is 10.8 Å². The SMILES string of the molecule is CCC1CCC(CN)(C(O)c2ccc(C(F)F)cc2)C1. The van der Waals surface area contributed by atoms with Crippen LogP contribution in [0.3, 0.4) is 0 Å². The Morgan fingerprint density at radius 1 is 1.30 bits per heavy atom. The number of rotatable bonds is 5. The Morgan fingerprint density at radius 2 is 1.90 bits per heavy atom. The van der Waals surface area contributed by atoms with Crippen LogP contribution in [0.1, 0.15) is 56.3 Å². The summed E-state index contributed by atoms with van der Waals surface area (Å²) < 4.78 is 25.1. The van der Waals surface area contributed by atoms with Gasteiger partial charge in [0.25, 0.3) is 6.43 Å². The van der Waals surface area contributed by atoms with E-state index in [1.54, 1.807) is 12.1 Å². The zero-order chi connectivity index (χ0) is 14.8. The average molecular weight is 283 g/mol. The van der Waals surface area contributed by atoms with Gasteiger partial charge in [0, 0.05) is 17.5 Å². The summed E-state index contributed by atoms with van der Waals surface area (Å²) in [5.41, 5.74) is 6.30. The molecule has 1 aromatic carbocycles. The van der Waals surface area contributed by atoms with Gasteiger partial charge in [-0.25, -0.2) is 8.78 Å². The lowest BCUT2D eigenvalue weighted by Gasteiger charge is -2.34. The van der Waals surface area contributed by atoms with E-state index in [1.165, 1.54) is 12.1 Å². The summed E-state index contributed by atoms with van der Waals surface area (Å²) in [6.07, 6.45) is 0.854. The van der Waals surface area contributed by atoms with Gasteiger partial charge in [0.2, 0.25) is 0 Å². The van der Waals surface area contributed by atoms with Crippen molar-refractivity contribution in [1.82, 2.24) is 0 Å². The van der Waals surface area contributed by atoms with Crippen LogP contribution in [0.15, 0.2) is 24.3 Å². The minimum Gasteiger partial charge on any atom is -0.388 e. The van der Waals surface area contributed by atoms with Crippen LogP contribution >= 0.6 is 0 Å². The Balaban J connectivity index is 2.18. The Labute approximate surface area is 119 Å². The van der Waals surface area contributed by atoms with Gasteiger partial charge in [0.05, 0.1) is 6.10 Å². The van der Waals surface area contributed by atoms with Crippen LogP contribution in [0, 0.1) is 11.3 Å². The van der Waals surface area contributed by atoms with E-state index in [2.05, 4.69) is 6.92 Å². The summed E-state index contributed by atoms with van der Waals surface area (Å²) in [6, 6.07) is 5.98. The minimum atomic E-state index is -2.47. The number of benzene rings is 1. The fraction of sp³-hybridized carbons (Fsp3) is 0.625. The van der Waals surface area contributed by atoms with Gasteiger partial charge in [0.15, 0.2) is 0 Å². The van der Waals surface area contributed by atoms with Crippen LogP contribution in [0.5, 0.6) is 0 Å². The third-order valence-electron chi connectivity index (χ3n) is 4.81. The summed E-state index contributed by atoms with van der Waals surface area (Å²) in [6.45, 7) is 2.59. The Hall–Kier alpha value is -1.00. The van der Waals surface area contributed by atoms with E-state index in [0.717, 1.165) is 25.7 Å². The number of hydrogen-bond acceptors (Lipinski definition) is 2. The number of nitrogens with two attached hydrogens (primary N) is 1. The molecule has 3 unspecified atom stereocenters. The standard InChI is InChI=1S/C16H23F2NO/c1-2-11-7-8-16(9-11,10-19)14(20)12-3-5-13(6-4-12)15(17)18/h3-6,11,14-15,20H,2,7-10,19H2,1H3. The van der Waals surface area contributed by atoms with E-state index in [-0.39, 0.29) is 11.0 Å². The topological polar surface area (TPSA) is 46.2 Å². The maximum Gasteiger partial charge on any atom is 0.263 e. The summed E-state index contributed by atoms with van der Waals surface area (Å²) in [5.74, 6) is 0.605. The van der Waals surface area contributed by atoms with E-state index < -0.39 is 12.5 Å². The van der Waals surface area contributed by atoms with Crippen LogP contribution in [0.4, 0.5) is 8.78 Å². The molecule has 112 valence electrons. The molecule has 0 radical (unpaired) electrons.